The second kappa shape index (κ2) is 7.29. The van der Waals surface area contributed by atoms with Gasteiger partial charge >= 0.3 is 0 Å². The van der Waals surface area contributed by atoms with E-state index in [2.05, 4.69) is 32.2 Å². The maximum atomic E-state index is 12.4. The summed E-state index contributed by atoms with van der Waals surface area (Å²) in [6.45, 7) is 8.91. The average molecular weight is 262 g/mol. The number of amides is 1. The van der Waals surface area contributed by atoms with E-state index in [1.54, 1.807) is 0 Å². The van der Waals surface area contributed by atoms with Gasteiger partial charge in [-0.2, -0.15) is 0 Å². The van der Waals surface area contributed by atoms with Crippen molar-refractivity contribution in [3.8, 4) is 0 Å². The van der Waals surface area contributed by atoms with E-state index in [-0.39, 0.29) is 11.8 Å². The molecule has 0 aliphatic heterocycles. The van der Waals surface area contributed by atoms with Crippen molar-refractivity contribution < 1.29 is 4.79 Å². The first kappa shape index (κ1) is 15.7. The minimum absolute atomic E-state index is 0.0310. The van der Waals surface area contributed by atoms with Crippen molar-refractivity contribution in [2.45, 2.75) is 40.5 Å². The summed E-state index contributed by atoms with van der Waals surface area (Å²) < 4.78 is 0. The molecule has 0 fully saturated rings. The summed E-state index contributed by atoms with van der Waals surface area (Å²) in [4.78, 5) is 12.4. The second-order valence-corrected chi connectivity index (χ2v) is 5.52. The van der Waals surface area contributed by atoms with E-state index in [0.29, 0.717) is 12.5 Å². The molecule has 0 bridgehead atoms. The van der Waals surface area contributed by atoms with E-state index in [1.807, 2.05) is 19.1 Å². The van der Waals surface area contributed by atoms with Crippen LogP contribution in [0, 0.1) is 25.7 Å². The van der Waals surface area contributed by atoms with Crippen LogP contribution in [0.5, 0.6) is 0 Å². The third-order valence-electron chi connectivity index (χ3n) is 3.72. The predicted molar refractivity (Wildman–Crippen MR) is 81.2 cm³/mol. The number of hydrogen-bond donors (Lipinski definition) is 2. The Labute approximate surface area is 116 Å². The molecule has 3 N–H and O–H groups in total. The Hall–Kier alpha value is -1.35. The molecule has 0 heterocycles. The summed E-state index contributed by atoms with van der Waals surface area (Å²) in [6, 6.07) is 5.99. The summed E-state index contributed by atoms with van der Waals surface area (Å²) in [5.74, 6) is 0.470. The molecule has 1 amide bonds. The zero-order valence-electron chi connectivity index (χ0n) is 12.5. The van der Waals surface area contributed by atoms with Gasteiger partial charge in [0.15, 0.2) is 0 Å². The van der Waals surface area contributed by atoms with E-state index in [4.69, 9.17) is 5.73 Å². The maximum absolute atomic E-state index is 12.4. The zero-order valence-corrected chi connectivity index (χ0v) is 12.5. The van der Waals surface area contributed by atoms with Gasteiger partial charge in [-0.25, -0.2) is 0 Å². The third-order valence-corrected chi connectivity index (χ3v) is 3.72. The Balaban J connectivity index is 2.78. The highest BCUT2D eigenvalue weighted by Gasteiger charge is 2.22. The van der Waals surface area contributed by atoms with Gasteiger partial charge in [0.25, 0.3) is 0 Å². The number of benzene rings is 1. The molecule has 0 aliphatic carbocycles. The molecule has 0 spiro atoms. The third kappa shape index (κ3) is 4.35. The molecule has 3 nitrogen and oxygen atoms in total. The van der Waals surface area contributed by atoms with Gasteiger partial charge in [0.1, 0.15) is 0 Å². The number of rotatable bonds is 6. The molecule has 3 heteroatoms. The van der Waals surface area contributed by atoms with Crippen LogP contribution in [0.1, 0.15) is 37.8 Å². The fraction of sp³-hybridized carbons (Fsp3) is 0.562. The van der Waals surface area contributed by atoms with Crippen molar-refractivity contribution in [3.63, 3.8) is 0 Å². The summed E-state index contributed by atoms with van der Waals surface area (Å²) in [6.07, 6.45) is 1.74. The SMILES string of the molecule is Cc1cccc(NC(=O)C(CCCN)C(C)C)c1C. The molecule has 1 rings (SSSR count). The van der Waals surface area contributed by atoms with Crippen LogP contribution in [0.3, 0.4) is 0 Å². The van der Waals surface area contributed by atoms with Crippen LogP contribution in [0.15, 0.2) is 18.2 Å². The van der Waals surface area contributed by atoms with Crippen LogP contribution in [0.2, 0.25) is 0 Å². The lowest BCUT2D eigenvalue weighted by atomic mass is 9.90. The van der Waals surface area contributed by atoms with E-state index >= 15 is 0 Å². The Morgan fingerprint density at radius 2 is 2.00 bits per heavy atom. The molecule has 19 heavy (non-hydrogen) atoms. The lowest BCUT2D eigenvalue weighted by Gasteiger charge is -2.21. The standard InChI is InChI=1S/C16H26N2O/c1-11(2)14(8-6-10-17)16(19)18-15-9-5-7-12(3)13(15)4/h5,7,9,11,14H,6,8,10,17H2,1-4H3,(H,18,19). The van der Waals surface area contributed by atoms with Crippen LogP contribution in [-0.2, 0) is 4.79 Å². The van der Waals surface area contributed by atoms with Gasteiger partial charge in [-0.05, 0) is 56.3 Å². The number of aryl methyl sites for hydroxylation is 1. The number of hydrogen-bond acceptors (Lipinski definition) is 2. The molecule has 1 aromatic rings. The minimum Gasteiger partial charge on any atom is -0.330 e. The van der Waals surface area contributed by atoms with Crippen molar-refractivity contribution in [1.29, 1.82) is 0 Å². The van der Waals surface area contributed by atoms with Gasteiger partial charge in [-0.1, -0.05) is 26.0 Å². The lowest BCUT2D eigenvalue weighted by molar-refractivity contribution is -0.121. The molecule has 0 saturated heterocycles. The van der Waals surface area contributed by atoms with Gasteiger partial charge < -0.3 is 11.1 Å². The van der Waals surface area contributed by atoms with Crippen molar-refractivity contribution in [2.75, 3.05) is 11.9 Å². The minimum atomic E-state index is 0.0310. The summed E-state index contributed by atoms with van der Waals surface area (Å²) in [5, 5.41) is 3.06. The first-order chi connectivity index (χ1) is 8.97. The average Bonchev–Trinajstić information content (AvgIpc) is 2.35. The number of nitrogens with two attached hydrogens (primary N) is 1. The molecular formula is C16H26N2O. The van der Waals surface area contributed by atoms with E-state index in [9.17, 15) is 4.79 Å². The Kier molecular flexibility index (Phi) is 6.03. The van der Waals surface area contributed by atoms with Crippen molar-refractivity contribution in [3.05, 3.63) is 29.3 Å². The first-order valence-corrected chi connectivity index (χ1v) is 7.04. The number of nitrogens with one attached hydrogen (secondary N) is 1. The van der Waals surface area contributed by atoms with Crippen LogP contribution >= 0.6 is 0 Å². The topological polar surface area (TPSA) is 55.1 Å². The fourth-order valence-electron chi connectivity index (χ4n) is 2.22. The van der Waals surface area contributed by atoms with Gasteiger partial charge in [-0.15, -0.1) is 0 Å². The number of carbonyl (C=O) groups is 1. The predicted octanol–water partition coefficient (Wildman–Crippen LogP) is 3.25. The molecule has 106 valence electrons. The summed E-state index contributed by atoms with van der Waals surface area (Å²) >= 11 is 0. The Bertz CT molecular complexity index is 427. The monoisotopic (exact) mass is 262 g/mol. The van der Waals surface area contributed by atoms with Crippen molar-refractivity contribution in [1.82, 2.24) is 0 Å². The normalized spacial score (nSPS) is 12.5. The second-order valence-electron chi connectivity index (χ2n) is 5.52. The van der Waals surface area contributed by atoms with Crippen molar-refractivity contribution >= 4 is 11.6 Å². The fourth-order valence-corrected chi connectivity index (χ4v) is 2.22. The van der Waals surface area contributed by atoms with Gasteiger partial charge in [0.05, 0.1) is 0 Å². The number of anilines is 1. The largest absolute Gasteiger partial charge is 0.330 e. The molecule has 0 radical (unpaired) electrons. The van der Waals surface area contributed by atoms with Gasteiger partial charge in [-0.3, -0.25) is 4.79 Å². The number of carbonyl (C=O) groups excluding carboxylic acids is 1. The van der Waals surface area contributed by atoms with E-state index < -0.39 is 0 Å². The molecule has 1 unspecified atom stereocenters. The van der Waals surface area contributed by atoms with Crippen LogP contribution in [0.4, 0.5) is 5.69 Å². The highest BCUT2D eigenvalue weighted by atomic mass is 16.1. The van der Waals surface area contributed by atoms with Crippen LogP contribution in [-0.4, -0.2) is 12.5 Å². The summed E-state index contributed by atoms with van der Waals surface area (Å²) in [5.41, 5.74) is 8.79. The van der Waals surface area contributed by atoms with E-state index in [1.165, 1.54) is 5.56 Å². The van der Waals surface area contributed by atoms with Crippen molar-refractivity contribution in [2.24, 2.45) is 17.6 Å². The molecule has 0 aromatic heterocycles. The Morgan fingerprint density at radius 3 is 2.58 bits per heavy atom. The van der Waals surface area contributed by atoms with E-state index in [0.717, 1.165) is 24.1 Å². The highest BCUT2D eigenvalue weighted by molar-refractivity contribution is 5.93. The quantitative estimate of drug-likeness (QED) is 0.826. The van der Waals surface area contributed by atoms with Crippen LogP contribution < -0.4 is 11.1 Å². The smallest absolute Gasteiger partial charge is 0.227 e. The molecule has 1 atom stereocenters. The molecular weight excluding hydrogens is 236 g/mol. The summed E-state index contributed by atoms with van der Waals surface area (Å²) in [7, 11) is 0. The zero-order chi connectivity index (χ0) is 14.4. The van der Waals surface area contributed by atoms with Gasteiger partial charge in [0.2, 0.25) is 5.91 Å². The Morgan fingerprint density at radius 1 is 1.32 bits per heavy atom. The lowest BCUT2D eigenvalue weighted by Crippen LogP contribution is -2.28. The first-order valence-electron chi connectivity index (χ1n) is 7.04. The van der Waals surface area contributed by atoms with Crippen LogP contribution in [0.25, 0.3) is 0 Å². The maximum Gasteiger partial charge on any atom is 0.227 e. The highest BCUT2D eigenvalue weighted by Crippen LogP contribution is 2.22. The molecule has 0 saturated carbocycles. The molecule has 1 aromatic carbocycles. The van der Waals surface area contributed by atoms with Gasteiger partial charge in [0, 0.05) is 11.6 Å². The molecule has 0 aliphatic rings.